The first-order valence-corrected chi connectivity index (χ1v) is 7.81. The predicted octanol–water partition coefficient (Wildman–Crippen LogP) is 3.35. The average Bonchev–Trinajstić information content (AvgIpc) is 2.74. The quantitative estimate of drug-likeness (QED) is 0.868. The van der Waals surface area contributed by atoms with E-state index in [0.29, 0.717) is 13.1 Å². The van der Waals surface area contributed by atoms with Gasteiger partial charge in [-0.2, -0.15) is 0 Å². The second-order valence-electron chi connectivity index (χ2n) is 5.19. The monoisotopic (exact) mass is 332 g/mol. The van der Waals surface area contributed by atoms with E-state index in [9.17, 15) is 4.79 Å². The lowest BCUT2D eigenvalue weighted by Crippen LogP contribution is -2.42. The fourth-order valence-corrected chi connectivity index (χ4v) is 3.20. The van der Waals surface area contributed by atoms with Gasteiger partial charge >= 0.3 is 0 Å². The van der Waals surface area contributed by atoms with Crippen LogP contribution in [0.5, 0.6) is 0 Å². The second-order valence-corrected chi connectivity index (χ2v) is 6.96. The maximum absolute atomic E-state index is 12.5. The molecular formula is C13H21BrN2OS. The molecule has 0 aliphatic heterocycles. The molecule has 0 aromatic carbocycles. The van der Waals surface area contributed by atoms with E-state index in [4.69, 9.17) is 5.73 Å². The van der Waals surface area contributed by atoms with Crippen molar-refractivity contribution in [1.82, 2.24) is 4.90 Å². The fraction of sp³-hybridized carbons (Fsp3) is 0.615. The van der Waals surface area contributed by atoms with Gasteiger partial charge in [0.1, 0.15) is 4.88 Å². The molecule has 0 saturated heterocycles. The van der Waals surface area contributed by atoms with Crippen molar-refractivity contribution in [2.45, 2.75) is 27.2 Å². The molecule has 2 N–H and O–H groups in total. The molecule has 0 radical (unpaired) electrons. The van der Waals surface area contributed by atoms with Crippen LogP contribution >= 0.6 is 27.3 Å². The van der Waals surface area contributed by atoms with Gasteiger partial charge in [0.25, 0.3) is 5.91 Å². The zero-order valence-electron chi connectivity index (χ0n) is 11.2. The number of hydrogen-bond donors (Lipinski definition) is 1. The van der Waals surface area contributed by atoms with Crippen molar-refractivity contribution in [2.24, 2.45) is 11.1 Å². The van der Waals surface area contributed by atoms with Gasteiger partial charge in [-0.3, -0.25) is 4.79 Å². The minimum absolute atomic E-state index is 0.0471. The van der Waals surface area contributed by atoms with E-state index < -0.39 is 0 Å². The SMILES string of the molecule is CCCN(CC(C)(C)CN)C(=O)c1sccc1Br. The number of nitrogens with two attached hydrogens (primary N) is 1. The Balaban J connectivity index is 2.85. The van der Waals surface area contributed by atoms with Crippen LogP contribution < -0.4 is 5.73 Å². The number of carbonyl (C=O) groups is 1. The highest BCUT2D eigenvalue weighted by Crippen LogP contribution is 2.26. The van der Waals surface area contributed by atoms with Crippen molar-refractivity contribution in [3.05, 3.63) is 20.8 Å². The topological polar surface area (TPSA) is 46.3 Å². The highest BCUT2D eigenvalue weighted by atomic mass is 79.9. The van der Waals surface area contributed by atoms with Crippen molar-refractivity contribution in [2.75, 3.05) is 19.6 Å². The van der Waals surface area contributed by atoms with Crippen molar-refractivity contribution in [1.29, 1.82) is 0 Å². The van der Waals surface area contributed by atoms with Gasteiger partial charge in [-0.1, -0.05) is 20.8 Å². The summed E-state index contributed by atoms with van der Waals surface area (Å²) < 4.78 is 0.879. The maximum atomic E-state index is 12.5. The number of thiophene rings is 1. The number of hydrogen-bond acceptors (Lipinski definition) is 3. The van der Waals surface area contributed by atoms with Crippen LogP contribution in [0.2, 0.25) is 0 Å². The Morgan fingerprint density at radius 1 is 1.56 bits per heavy atom. The number of carbonyl (C=O) groups excluding carboxylic acids is 1. The summed E-state index contributed by atoms with van der Waals surface area (Å²) in [6.45, 7) is 8.30. The lowest BCUT2D eigenvalue weighted by molar-refractivity contribution is 0.0693. The molecule has 0 atom stereocenters. The molecule has 1 heterocycles. The summed E-state index contributed by atoms with van der Waals surface area (Å²) in [4.78, 5) is 15.2. The van der Waals surface area contributed by atoms with E-state index >= 15 is 0 Å². The summed E-state index contributed by atoms with van der Waals surface area (Å²) in [5, 5.41) is 1.93. The van der Waals surface area contributed by atoms with Gasteiger partial charge in [-0.15, -0.1) is 11.3 Å². The molecule has 1 aromatic rings. The molecule has 3 nitrogen and oxygen atoms in total. The van der Waals surface area contributed by atoms with Gasteiger partial charge in [-0.25, -0.2) is 0 Å². The summed E-state index contributed by atoms with van der Waals surface area (Å²) in [7, 11) is 0. The molecule has 0 unspecified atom stereocenters. The molecule has 0 bridgehead atoms. The molecule has 0 spiro atoms. The van der Waals surface area contributed by atoms with E-state index in [-0.39, 0.29) is 11.3 Å². The minimum atomic E-state index is -0.0471. The van der Waals surface area contributed by atoms with Crippen molar-refractivity contribution in [3.8, 4) is 0 Å². The van der Waals surface area contributed by atoms with Crippen LogP contribution in [-0.2, 0) is 0 Å². The first kappa shape index (κ1) is 15.7. The van der Waals surface area contributed by atoms with E-state index in [1.165, 1.54) is 11.3 Å². The van der Waals surface area contributed by atoms with Gasteiger partial charge in [0.05, 0.1) is 0 Å². The smallest absolute Gasteiger partial charge is 0.265 e. The zero-order chi connectivity index (χ0) is 13.8. The van der Waals surface area contributed by atoms with Crippen LogP contribution in [0, 0.1) is 5.41 Å². The van der Waals surface area contributed by atoms with E-state index in [1.807, 2.05) is 16.3 Å². The van der Waals surface area contributed by atoms with Crippen molar-refractivity contribution < 1.29 is 4.79 Å². The summed E-state index contributed by atoms with van der Waals surface area (Å²) in [6, 6.07) is 1.91. The van der Waals surface area contributed by atoms with Gasteiger partial charge in [-0.05, 0) is 45.8 Å². The van der Waals surface area contributed by atoms with Gasteiger partial charge in [0, 0.05) is 17.6 Å². The number of nitrogens with zero attached hydrogens (tertiary/aromatic N) is 1. The Morgan fingerprint density at radius 3 is 2.67 bits per heavy atom. The summed E-state index contributed by atoms with van der Waals surface area (Å²) in [5.41, 5.74) is 5.71. The number of amides is 1. The average molecular weight is 333 g/mol. The molecule has 1 aromatic heterocycles. The molecule has 5 heteroatoms. The number of rotatable bonds is 6. The summed E-state index contributed by atoms with van der Waals surface area (Å²) in [6.07, 6.45) is 0.954. The standard InChI is InChI=1S/C13H21BrN2OS/c1-4-6-16(9-13(2,3)8-15)12(17)11-10(14)5-7-18-11/h5,7H,4,6,8-9,15H2,1-3H3. The van der Waals surface area contributed by atoms with Crippen LogP contribution in [-0.4, -0.2) is 30.4 Å². The Kier molecular flexibility index (Phi) is 5.82. The Hall–Kier alpha value is -0.390. The van der Waals surface area contributed by atoms with Crippen LogP contribution in [0.15, 0.2) is 15.9 Å². The third kappa shape index (κ3) is 4.07. The van der Waals surface area contributed by atoms with Gasteiger partial charge in [0.15, 0.2) is 0 Å². The van der Waals surface area contributed by atoms with Crippen molar-refractivity contribution in [3.63, 3.8) is 0 Å². The van der Waals surface area contributed by atoms with Crippen LogP contribution in [0.1, 0.15) is 36.9 Å². The molecule has 0 aliphatic carbocycles. The molecule has 102 valence electrons. The molecular weight excluding hydrogens is 312 g/mol. The van der Waals surface area contributed by atoms with Crippen LogP contribution in [0.4, 0.5) is 0 Å². The largest absolute Gasteiger partial charge is 0.337 e. The third-order valence-corrected chi connectivity index (χ3v) is 4.59. The van der Waals surface area contributed by atoms with E-state index in [2.05, 4.69) is 36.7 Å². The summed E-state index contributed by atoms with van der Waals surface area (Å²) >= 11 is 4.90. The van der Waals surface area contributed by atoms with Crippen molar-refractivity contribution >= 4 is 33.2 Å². The first-order chi connectivity index (χ1) is 8.41. The van der Waals surface area contributed by atoms with Gasteiger partial charge < -0.3 is 10.6 Å². The fourth-order valence-electron chi connectivity index (χ4n) is 1.69. The Bertz CT molecular complexity index is 403. The third-order valence-electron chi connectivity index (χ3n) is 2.76. The Labute approximate surface area is 121 Å². The maximum Gasteiger partial charge on any atom is 0.265 e. The second kappa shape index (κ2) is 6.68. The number of halogens is 1. The predicted molar refractivity (Wildman–Crippen MR) is 81.0 cm³/mol. The van der Waals surface area contributed by atoms with Crippen LogP contribution in [0.3, 0.4) is 0 Å². The highest BCUT2D eigenvalue weighted by Gasteiger charge is 2.25. The molecule has 0 saturated carbocycles. The normalized spacial score (nSPS) is 11.6. The highest BCUT2D eigenvalue weighted by molar-refractivity contribution is 9.10. The van der Waals surface area contributed by atoms with Crippen LogP contribution in [0.25, 0.3) is 0 Å². The van der Waals surface area contributed by atoms with E-state index in [0.717, 1.165) is 22.3 Å². The first-order valence-electron chi connectivity index (χ1n) is 6.13. The molecule has 1 amide bonds. The Morgan fingerprint density at radius 2 is 2.22 bits per heavy atom. The molecule has 0 fully saturated rings. The molecule has 0 aliphatic rings. The molecule has 1 rings (SSSR count). The lowest BCUT2D eigenvalue weighted by atomic mass is 9.93. The molecule has 18 heavy (non-hydrogen) atoms. The lowest BCUT2D eigenvalue weighted by Gasteiger charge is -2.31. The summed E-state index contributed by atoms with van der Waals surface area (Å²) in [5.74, 6) is 0.0975. The van der Waals surface area contributed by atoms with E-state index in [1.54, 1.807) is 0 Å². The van der Waals surface area contributed by atoms with Gasteiger partial charge in [0.2, 0.25) is 0 Å². The minimum Gasteiger partial charge on any atom is -0.337 e. The zero-order valence-corrected chi connectivity index (χ0v) is 13.6.